The highest BCUT2D eigenvalue weighted by Crippen LogP contribution is 2.14. The van der Waals surface area contributed by atoms with Crippen molar-refractivity contribution in [2.75, 3.05) is 13.6 Å². The van der Waals surface area contributed by atoms with Crippen LogP contribution in [0.25, 0.3) is 0 Å². The zero-order chi connectivity index (χ0) is 13.8. The molecule has 1 unspecified atom stereocenters. The van der Waals surface area contributed by atoms with Crippen LogP contribution in [-0.4, -0.2) is 30.1 Å². The van der Waals surface area contributed by atoms with E-state index in [1.54, 1.807) is 6.26 Å². The smallest absolute Gasteiger partial charge is 0.117 e. The van der Waals surface area contributed by atoms with Gasteiger partial charge in [-0.1, -0.05) is 13.8 Å². The predicted molar refractivity (Wildman–Crippen MR) is 76.6 cm³/mol. The van der Waals surface area contributed by atoms with Gasteiger partial charge in [0.25, 0.3) is 0 Å². The fraction of sp³-hybridized carbons (Fsp3) is 0.733. The van der Waals surface area contributed by atoms with E-state index in [4.69, 9.17) is 4.42 Å². The monoisotopic (exact) mass is 252 g/mol. The fourth-order valence-corrected chi connectivity index (χ4v) is 2.08. The first-order valence-electron chi connectivity index (χ1n) is 6.77. The second-order valence-electron chi connectivity index (χ2n) is 6.44. The molecule has 1 N–H and O–H groups in total. The first-order valence-corrected chi connectivity index (χ1v) is 6.77. The molecule has 104 valence electrons. The molecule has 0 aliphatic carbocycles. The normalized spacial score (nSPS) is 14.4. The first-order chi connectivity index (χ1) is 8.29. The molecule has 0 aliphatic rings. The number of hydrogen-bond donors (Lipinski definition) is 1. The lowest BCUT2D eigenvalue weighted by Crippen LogP contribution is -2.48. The van der Waals surface area contributed by atoms with E-state index < -0.39 is 0 Å². The van der Waals surface area contributed by atoms with E-state index in [1.807, 2.05) is 12.1 Å². The van der Waals surface area contributed by atoms with E-state index in [2.05, 4.69) is 51.9 Å². The average Bonchev–Trinajstić information content (AvgIpc) is 2.67. The van der Waals surface area contributed by atoms with Crippen LogP contribution in [0.15, 0.2) is 22.8 Å². The molecule has 3 nitrogen and oxygen atoms in total. The predicted octanol–water partition coefficient (Wildman–Crippen LogP) is 3.12. The third kappa shape index (κ3) is 5.23. The van der Waals surface area contributed by atoms with Crippen LogP contribution in [0, 0.1) is 5.92 Å². The Morgan fingerprint density at radius 3 is 2.44 bits per heavy atom. The van der Waals surface area contributed by atoms with Gasteiger partial charge in [0.2, 0.25) is 0 Å². The zero-order valence-electron chi connectivity index (χ0n) is 12.7. The maximum absolute atomic E-state index is 5.42. The maximum atomic E-state index is 5.42. The summed E-state index contributed by atoms with van der Waals surface area (Å²) in [5, 5.41) is 3.59. The molecule has 0 fully saturated rings. The number of furan rings is 1. The van der Waals surface area contributed by atoms with Crippen molar-refractivity contribution in [3.8, 4) is 0 Å². The van der Waals surface area contributed by atoms with E-state index in [1.165, 1.54) is 0 Å². The van der Waals surface area contributed by atoms with Crippen molar-refractivity contribution < 1.29 is 4.42 Å². The lowest BCUT2D eigenvalue weighted by molar-refractivity contribution is 0.159. The van der Waals surface area contributed by atoms with Gasteiger partial charge in [0.15, 0.2) is 0 Å². The van der Waals surface area contributed by atoms with Crippen LogP contribution in [-0.2, 0) is 6.54 Å². The highest BCUT2D eigenvalue weighted by Gasteiger charge is 2.21. The van der Waals surface area contributed by atoms with Gasteiger partial charge in [-0.2, -0.15) is 0 Å². The molecule has 0 bridgehead atoms. The Morgan fingerprint density at radius 1 is 1.33 bits per heavy atom. The summed E-state index contributed by atoms with van der Waals surface area (Å²) >= 11 is 0. The minimum absolute atomic E-state index is 0.165. The van der Waals surface area contributed by atoms with E-state index in [0.29, 0.717) is 12.0 Å². The number of rotatable bonds is 6. The summed E-state index contributed by atoms with van der Waals surface area (Å²) < 4.78 is 5.42. The van der Waals surface area contributed by atoms with Crippen molar-refractivity contribution in [1.82, 2.24) is 10.2 Å². The van der Waals surface area contributed by atoms with E-state index in [-0.39, 0.29) is 5.54 Å². The largest absolute Gasteiger partial charge is 0.468 e. The second-order valence-corrected chi connectivity index (χ2v) is 6.44. The minimum Gasteiger partial charge on any atom is -0.468 e. The molecule has 1 rings (SSSR count). The molecule has 0 saturated carbocycles. The number of hydrogen-bond acceptors (Lipinski definition) is 3. The van der Waals surface area contributed by atoms with Crippen molar-refractivity contribution >= 4 is 0 Å². The summed E-state index contributed by atoms with van der Waals surface area (Å²) in [5.41, 5.74) is 0.165. The summed E-state index contributed by atoms with van der Waals surface area (Å²) in [6.45, 7) is 13.0. The number of nitrogens with one attached hydrogen (secondary N) is 1. The number of likely N-dealkylation sites (N-methyl/N-ethyl adjacent to an activating group) is 1. The Balaban J connectivity index is 2.55. The van der Waals surface area contributed by atoms with Crippen molar-refractivity contribution in [2.45, 2.75) is 52.7 Å². The molecular formula is C15H28N2O. The SMILES string of the molecule is CC(C)C(CNC(C)(C)C)N(C)Cc1ccco1. The van der Waals surface area contributed by atoms with Gasteiger partial charge < -0.3 is 9.73 Å². The molecule has 1 atom stereocenters. The van der Waals surface area contributed by atoms with Gasteiger partial charge in [0.05, 0.1) is 12.8 Å². The summed E-state index contributed by atoms with van der Waals surface area (Å²) in [7, 11) is 2.16. The molecule has 0 spiro atoms. The molecule has 0 amide bonds. The van der Waals surface area contributed by atoms with Crippen LogP contribution >= 0.6 is 0 Å². The third-order valence-corrected chi connectivity index (χ3v) is 3.16. The maximum Gasteiger partial charge on any atom is 0.117 e. The van der Waals surface area contributed by atoms with E-state index >= 15 is 0 Å². The van der Waals surface area contributed by atoms with E-state index in [9.17, 15) is 0 Å². The first kappa shape index (κ1) is 15.3. The van der Waals surface area contributed by atoms with Crippen molar-refractivity contribution in [2.24, 2.45) is 5.92 Å². The lowest BCUT2D eigenvalue weighted by Gasteiger charge is -2.33. The van der Waals surface area contributed by atoms with E-state index in [0.717, 1.165) is 18.8 Å². The summed E-state index contributed by atoms with van der Waals surface area (Å²) in [5.74, 6) is 1.64. The van der Waals surface area contributed by atoms with Crippen molar-refractivity contribution in [3.05, 3.63) is 24.2 Å². The van der Waals surface area contributed by atoms with Crippen molar-refractivity contribution in [3.63, 3.8) is 0 Å². The molecule has 0 saturated heterocycles. The van der Waals surface area contributed by atoms with Gasteiger partial charge >= 0.3 is 0 Å². The Kier molecular flexibility index (Phi) is 5.42. The van der Waals surface area contributed by atoms with Gasteiger partial charge in [-0.15, -0.1) is 0 Å². The van der Waals surface area contributed by atoms with Crippen LogP contribution in [0.5, 0.6) is 0 Å². The Bertz CT molecular complexity index is 325. The lowest BCUT2D eigenvalue weighted by atomic mass is 10.0. The quantitative estimate of drug-likeness (QED) is 0.843. The molecule has 1 aromatic rings. The summed E-state index contributed by atoms with van der Waals surface area (Å²) in [4.78, 5) is 2.36. The standard InChI is InChI=1S/C15H28N2O/c1-12(2)14(10-16-15(3,4)5)17(6)11-13-8-7-9-18-13/h7-9,12,14,16H,10-11H2,1-6H3. The van der Waals surface area contributed by atoms with Crippen LogP contribution in [0.3, 0.4) is 0 Å². The highest BCUT2D eigenvalue weighted by molar-refractivity contribution is 4.98. The summed E-state index contributed by atoms with van der Waals surface area (Å²) in [6, 6.07) is 4.49. The third-order valence-electron chi connectivity index (χ3n) is 3.16. The zero-order valence-corrected chi connectivity index (χ0v) is 12.7. The summed E-state index contributed by atoms with van der Waals surface area (Å²) in [6.07, 6.45) is 1.74. The topological polar surface area (TPSA) is 28.4 Å². The molecule has 0 radical (unpaired) electrons. The van der Waals surface area contributed by atoms with Crippen molar-refractivity contribution in [1.29, 1.82) is 0 Å². The highest BCUT2D eigenvalue weighted by atomic mass is 16.3. The van der Waals surface area contributed by atoms with Crippen LogP contribution in [0.1, 0.15) is 40.4 Å². The fourth-order valence-electron chi connectivity index (χ4n) is 2.08. The molecule has 0 aromatic carbocycles. The molecule has 18 heavy (non-hydrogen) atoms. The van der Waals surface area contributed by atoms with Crippen LogP contribution < -0.4 is 5.32 Å². The number of nitrogens with zero attached hydrogens (tertiary/aromatic N) is 1. The molecule has 0 aliphatic heterocycles. The molecule has 3 heteroatoms. The second kappa shape index (κ2) is 6.39. The Morgan fingerprint density at radius 2 is 2.00 bits per heavy atom. The van der Waals surface area contributed by atoms with Gasteiger partial charge in [-0.25, -0.2) is 0 Å². The van der Waals surface area contributed by atoms with Crippen LogP contribution in [0.2, 0.25) is 0 Å². The molecule has 1 heterocycles. The minimum atomic E-state index is 0.165. The van der Waals surface area contributed by atoms with Gasteiger partial charge in [0.1, 0.15) is 5.76 Å². The molecule has 1 aromatic heterocycles. The molecular weight excluding hydrogens is 224 g/mol. The Labute approximate surface area is 112 Å². The average molecular weight is 252 g/mol. The van der Waals surface area contributed by atoms with Gasteiger partial charge in [-0.3, -0.25) is 4.90 Å². The van der Waals surface area contributed by atoms with Gasteiger partial charge in [-0.05, 0) is 45.9 Å². The van der Waals surface area contributed by atoms with Gasteiger partial charge in [0, 0.05) is 18.1 Å². The Hall–Kier alpha value is -0.800. The van der Waals surface area contributed by atoms with Crippen LogP contribution in [0.4, 0.5) is 0 Å².